The van der Waals surface area contributed by atoms with Crippen LogP contribution in [0.1, 0.15) is 25.0 Å². The predicted octanol–water partition coefficient (Wildman–Crippen LogP) is 7.55. The molecule has 0 saturated carbocycles. The molecule has 0 aromatic heterocycles. The molecular weight excluding hydrogens is 665 g/mol. The van der Waals surface area contributed by atoms with Gasteiger partial charge in [-0.2, -0.15) is 0 Å². The molecule has 0 radical (unpaired) electrons. The Kier molecular flexibility index (Phi) is 10.0. The van der Waals surface area contributed by atoms with Crippen molar-refractivity contribution in [2.45, 2.75) is 19.3 Å². The predicted molar refractivity (Wildman–Crippen MR) is 192 cm³/mol. The number of hydrogen-bond donors (Lipinski definition) is 0. The molecule has 0 amide bonds. The molecule has 6 aromatic carbocycles. The van der Waals surface area contributed by atoms with Crippen molar-refractivity contribution in [2.75, 3.05) is 0 Å². The van der Waals surface area contributed by atoms with Crippen molar-refractivity contribution in [1.82, 2.24) is 0 Å². The molecule has 0 fully saturated rings. The summed E-state index contributed by atoms with van der Waals surface area (Å²) in [6.07, 6.45) is 0. The van der Waals surface area contributed by atoms with E-state index in [1.165, 1.54) is 43.0 Å². The van der Waals surface area contributed by atoms with Crippen LogP contribution in [0.5, 0.6) is 11.5 Å². The Bertz CT molecular complexity index is 1610. The van der Waals surface area contributed by atoms with Crippen molar-refractivity contribution in [2.24, 2.45) is 0 Å². The molecule has 0 aliphatic carbocycles. The second-order valence-electron chi connectivity index (χ2n) is 11.3. The Hall–Kier alpha value is -3.36. The fourth-order valence-electron chi connectivity index (χ4n) is 6.29. The maximum absolute atomic E-state index is 7.27. The summed E-state index contributed by atoms with van der Waals surface area (Å²) in [7, 11) is -2.64. The van der Waals surface area contributed by atoms with E-state index in [2.05, 4.69) is 172 Å². The van der Waals surface area contributed by atoms with Crippen LogP contribution < -0.4 is 36.6 Å². The Morgan fingerprint density at radius 3 is 1.00 bits per heavy atom. The van der Waals surface area contributed by atoms with E-state index in [0.29, 0.717) is 0 Å². The SMILES string of the molecule is CC1(C)c2cccc([PH+](c3ccccc3)c3ccccc3)c2Oc2c([PH+](c3ccccc3)c3ccccc3)cccc21.[CH3-].[Pd]. The number of para-hydroxylation sites is 2. The minimum atomic E-state index is -1.32. The first kappa shape index (κ1) is 32.0. The third kappa shape index (κ3) is 5.86. The van der Waals surface area contributed by atoms with Gasteiger partial charge in [-0.3, -0.25) is 0 Å². The summed E-state index contributed by atoms with van der Waals surface area (Å²) in [5.74, 6) is 2.07. The maximum Gasteiger partial charge on any atom is 0.174 e. The molecule has 0 bridgehead atoms. The van der Waals surface area contributed by atoms with E-state index in [9.17, 15) is 0 Å². The van der Waals surface area contributed by atoms with Crippen molar-refractivity contribution < 1.29 is 25.2 Å². The van der Waals surface area contributed by atoms with Gasteiger partial charge in [-0.1, -0.05) is 111 Å². The number of fused-ring (bicyclic) bond motifs is 2. The van der Waals surface area contributed by atoms with Gasteiger partial charge >= 0.3 is 0 Å². The van der Waals surface area contributed by atoms with Gasteiger partial charge in [-0.15, -0.1) is 0 Å². The van der Waals surface area contributed by atoms with Crippen LogP contribution in [-0.4, -0.2) is 0 Å². The largest absolute Gasteiger partial charge is 0.448 e. The number of benzene rings is 6. The summed E-state index contributed by atoms with van der Waals surface area (Å²) in [5, 5.41) is 8.05. The van der Waals surface area contributed by atoms with Crippen LogP contribution in [0.3, 0.4) is 0 Å². The molecule has 0 unspecified atom stereocenters. The molecule has 222 valence electrons. The van der Waals surface area contributed by atoms with Crippen LogP contribution in [0.15, 0.2) is 158 Å². The summed E-state index contributed by atoms with van der Waals surface area (Å²) in [4.78, 5) is 0. The molecule has 1 aliphatic rings. The maximum atomic E-state index is 7.27. The smallest absolute Gasteiger partial charge is 0.174 e. The van der Waals surface area contributed by atoms with Crippen molar-refractivity contribution in [3.8, 4) is 11.5 Å². The molecular formula is C40H37OP2Pd+. The third-order valence-corrected chi connectivity index (χ3v) is 13.9. The Morgan fingerprint density at radius 1 is 0.409 bits per heavy atom. The number of ether oxygens (including phenoxy) is 1. The van der Waals surface area contributed by atoms with E-state index in [1.807, 2.05) is 0 Å². The average molecular weight is 702 g/mol. The fraction of sp³-hybridized carbons (Fsp3) is 0.0750. The monoisotopic (exact) mass is 701 g/mol. The summed E-state index contributed by atoms with van der Waals surface area (Å²) in [6, 6.07) is 57.5. The quantitative estimate of drug-likeness (QED) is 0.0991. The minimum Gasteiger partial charge on any atom is -0.448 e. The van der Waals surface area contributed by atoms with E-state index >= 15 is 0 Å². The standard InChI is InChI=1S/C39H32OP2.CH3.Pd/c1-39(2)33-25-15-27-35(41(29-17-7-3-8-18-29)30-19-9-4-10-20-30)37(33)40-38-34(39)26-16-28-36(38)42(31-21-11-5-12-22-31)32-23-13-6-14-24-32;;/h3-28H,1-2H3;1H3;/q;-1;/p+2. The van der Waals surface area contributed by atoms with Crippen molar-refractivity contribution in [3.05, 3.63) is 176 Å². The average Bonchev–Trinajstić information content (AvgIpc) is 3.04. The molecule has 44 heavy (non-hydrogen) atoms. The first-order valence-corrected chi connectivity index (χ1v) is 17.5. The van der Waals surface area contributed by atoms with Gasteiger partial charge in [0.25, 0.3) is 0 Å². The Morgan fingerprint density at radius 2 is 0.705 bits per heavy atom. The van der Waals surface area contributed by atoms with E-state index in [1.54, 1.807) is 0 Å². The van der Waals surface area contributed by atoms with Gasteiger partial charge in [0, 0.05) is 37.0 Å². The topological polar surface area (TPSA) is 9.23 Å². The van der Waals surface area contributed by atoms with E-state index in [4.69, 9.17) is 4.74 Å². The van der Waals surface area contributed by atoms with Gasteiger partial charge in [0.15, 0.2) is 11.5 Å². The second-order valence-corrected chi connectivity index (χ2v) is 16.2. The van der Waals surface area contributed by atoms with Gasteiger partial charge < -0.3 is 12.2 Å². The molecule has 1 aliphatic heterocycles. The van der Waals surface area contributed by atoms with E-state index < -0.39 is 15.8 Å². The van der Waals surface area contributed by atoms with E-state index in [-0.39, 0.29) is 33.3 Å². The fourth-order valence-corrected chi connectivity index (χ4v) is 11.7. The number of hydrogen-bond acceptors (Lipinski definition) is 1. The summed E-state index contributed by atoms with van der Waals surface area (Å²) in [5.41, 5.74) is 2.30. The van der Waals surface area contributed by atoms with E-state index in [0.717, 1.165) is 11.5 Å². The Balaban J connectivity index is 0.00000192. The molecule has 0 spiro atoms. The second kappa shape index (κ2) is 13.7. The van der Waals surface area contributed by atoms with Crippen LogP contribution >= 0.6 is 15.8 Å². The van der Waals surface area contributed by atoms with Gasteiger partial charge in [0.1, 0.15) is 47.7 Å². The Labute approximate surface area is 278 Å². The van der Waals surface area contributed by atoms with Crippen molar-refractivity contribution >= 4 is 47.7 Å². The first-order chi connectivity index (χ1) is 20.6. The minimum absolute atomic E-state index is 0. The molecule has 7 rings (SSSR count). The van der Waals surface area contributed by atoms with Crippen LogP contribution in [-0.2, 0) is 25.8 Å². The van der Waals surface area contributed by atoms with Gasteiger partial charge in [0.05, 0.1) is 0 Å². The molecule has 0 N–H and O–H groups in total. The summed E-state index contributed by atoms with van der Waals surface area (Å²) >= 11 is 0. The van der Waals surface area contributed by atoms with Crippen LogP contribution in [0.4, 0.5) is 0 Å². The zero-order valence-corrected chi connectivity index (χ0v) is 28.8. The molecule has 1 heterocycles. The van der Waals surface area contributed by atoms with Crippen molar-refractivity contribution in [1.29, 1.82) is 0 Å². The van der Waals surface area contributed by atoms with Crippen LogP contribution in [0.2, 0.25) is 0 Å². The molecule has 4 heteroatoms. The first-order valence-electron chi connectivity index (χ1n) is 14.5. The molecule has 0 saturated heterocycles. The van der Waals surface area contributed by atoms with Gasteiger partial charge in [-0.05, 0) is 60.7 Å². The van der Waals surface area contributed by atoms with Crippen LogP contribution in [0, 0.1) is 7.43 Å². The zero-order valence-electron chi connectivity index (χ0n) is 25.2. The third-order valence-electron chi connectivity index (χ3n) is 8.37. The van der Waals surface area contributed by atoms with Gasteiger partial charge in [-0.25, -0.2) is 0 Å². The normalized spacial score (nSPS) is 12.7. The van der Waals surface area contributed by atoms with Gasteiger partial charge in [0.2, 0.25) is 0 Å². The van der Waals surface area contributed by atoms with Crippen molar-refractivity contribution in [3.63, 3.8) is 0 Å². The number of rotatable bonds is 6. The van der Waals surface area contributed by atoms with Crippen LogP contribution in [0.25, 0.3) is 0 Å². The summed E-state index contributed by atoms with van der Waals surface area (Å²) < 4.78 is 7.27. The molecule has 1 nitrogen and oxygen atoms in total. The molecule has 6 aromatic rings. The zero-order chi connectivity index (χ0) is 28.5. The molecule has 0 atom stereocenters. The summed E-state index contributed by atoms with van der Waals surface area (Å²) in [6.45, 7) is 4.71.